The molecule has 0 unspecified atom stereocenters. The summed E-state index contributed by atoms with van der Waals surface area (Å²) in [6.45, 7) is 6.79. The molecule has 1 amide bonds. The smallest absolute Gasteiger partial charge is 0.444 e. The fourth-order valence-corrected chi connectivity index (χ4v) is 4.81. The first kappa shape index (κ1) is 29.0. The Hall–Kier alpha value is -4.55. The van der Waals surface area contributed by atoms with Crippen LogP contribution in [-0.2, 0) is 11.3 Å². The summed E-state index contributed by atoms with van der Waals surface area (Å²) in [6, 6.07) is 13.5. The van der Waals surface area contributed by atoms with E-state index in [1.54, 1.807) is 11.0 Å². The van der Waals surface area contributed by atoms with Crippen LogP contribution in [0.5, 0.6) is 5.75 Å². The molecule has 0 saturated carbocycles. The number of carbonyl (C=O) groups excluding carboxylic acids is 1. The van der Waals surface area contributed by atoms with Crippen LogP contribution >= 0.6 is 0 Å². The Morgan fingerprint density at radius 1 is 1.12 bits per heavy atom. The van der Waals surface area contributed by atoms with Crippen molar-refractivity contribution in [2.75, 3.05) is 25.0 Å². The van der Waals surface area contributed by atoms with Gasteiger partial charge in [-0.2, -0.15) is 4.98 Å². The van der Waals surface area contributed by atoms with Crippen molar-refractivity contribution in [3.63, 3.8) is 0 Å². The van der Waals surface area contributed by atoms with Crippen LogP contribution in [-0.4, -0.2) is 62.1 Å². The molecule has 3 heterocycles. The van der Waals surface area contributed by atoms with Gasteiger partial charge in [0.1, 0.15) is 16.9 Å². The van der Waals surface area contributed by atoms with Crippen molar-refractivity contribution in [3.05, 3.63) is 70.8 Å². The van der Waals surface area contributed by atoms with E-state index < -0.39 is 23.4 Å². The van der Waals surface area contributed by atoms with Gasteiger partial charge in [0.2, 0.25) is 5.95 Å². The molecule has 0 aliphatic carbocycles. The maximum absolute atomic E-state index is 13.2. The zero-order valence-electron chi connectivity index (χ0n) is 23.4. The van der Waals surface area contributed by atoms with Gasteiger partial charge in [-0.25, -0.2) is 14.6 Å². The van der Waals surface area contributed by atoms with Crippen LogP contribution in [0.4, 0.5) is 23.9 Å². The monoisotopic (exact) mass is 584 g/mol. The van der Waals surface area contributed by atoms with Crippen molar-refractivity contribution >= 4 is 23.2 Å². The molecule has 0 spiro atoms. The number of halogens is 3. The van der Waals surface area contributed by atoms with Crippen molar-refractivity contribution in [2.24, 2.45) is 5.92 Å². The van der Waals surface area contributed by atoms with E-state index in [9.17, 15) is 22.8 Å². The Bertz CT molecular complexity index is 1630. The number of nitrogens with one attached hydrogen (secondary N) is 2. The molecule has 5 rings (SSSR count). The molecule has 2 aromatic carbocycles. The molecular weight excluding hydrogens is 553 g/mol. The molecule has 0 bridgehead atoms. The average Bonchev–Trinajstić information content (AvgIpc) is 3.51. The number of hydrogen-bond donors (Lipinski definition) is 2. The number of nitrogens with zero attached hydrogens (tertiary/aromatic N) is 4. The van der Waals surface area contributed by atoms with E-state index in [-0.39, 0.29) is 35.7 Å². The second-order valence-electron chi connectivity index (χ2n) is 11.1. The number of likely N-dealkylation sites (tertiary alicyclic amines) is 1. The fraction of sp³-hybridized carbons (Fsp3) is 0.379. The van der Waals surface area contributed by atoms with E-state index in [4.69, 9.17) is 4.74 Å². The van der Waals surface area contributed by atoms with Gasteiger partial charge in [0.05, 0.1) is 12.7 Å². The summed E-state index contributed by atoms with van der Waals surface area (Å²) in [4.78, 5) is 38.3. The zero-order valence-corrected chi connectivity index (χ0v) is 23.4. The maximum Gasteiger partial charge on any atom is 0.573 e. The molecule has 1 aliphatic rings. The van der Waals surface area contributed by atoms with Crippen molar-refractivity contribution in [3.8, 4) is 16.9 Å². The number of anilines is 1. The topological polar surface area (TPSA) is 114 Å². The highest BCUT2D eigenvalue weighted by Gasteiger charge is 2.33. The zero-order chi connectivity index (χ0) is 30.1. The molecule has 222 valence electrons. The van der Waals surface area contributed by atoms with Crippen LogP contribution < -0.4 is 15.7 Å². The number of aromatic nitrogens is 4. The predicted molar refractivity (Wildman–Crippen MR) is 150 cm³/mol. The molecule has 4 aromatic rings. The first-order valence-corrected chi connectivity index (χ1v) is 13.5. The third kappa shape index (κ3) is 7.01. The van der Waals surface area contributed by atoms with Gasteiger partial charge in [-0.05, 0) is 56.4 Å². The number of rotatable bonds is 7. The third-order valence-electron chi connectivity index (χ3n) is 6.72. The van der Waals surface area contributed by atoms with Gasteiger partial charge in [0, 0.05) is 25.2 Å². The standard InChI is InChI=1S/C29H31F3N6O4/c1-28(2,3)42-27(40)37-12-11-18(16-37)14-33-25-34-15-22-24(36-25)38(26(39)35-22)17-21-13-20(19-7-5-4-6-8-19)9-10-23(21)41-29(30,31)32/h4-10,13,15,18H,11-12,14,16-17H2,1-3H3,(H,35,39)(H,33,34,36)/t18-/m0/s1. The largest absolute Gasteiger partial charge is 0.573 e. The summed E-state index contributed by atoms with van der Waals surface area (Å²) in [5.74, 6) is -0.0320. The van der Waals surface area contributed by atoms with Gasteiger partial charge in [0.25, 0.3) is 0 Å². The molecule has 1 aliphatic heterocycles. The Kier molecular flexibility index (Phi) is 7.85. The number of fused-ring (bicyclic) bond motifs is 1. The summed E-state index contributed by atoms with van der Waals surface area (Å²) in [5.41, 5.74) is 1.05. The predicted octanol–water partition coefficient (Wildman–Crippen LogP) is 5.40. The van der Waals surface area contributed by atoms with E-state index in [1.807, 2.05) is 51.1 Å². The van der Waals surface area contributed by atoms with Crippen molar-refractivity contribution in [1.29, 1.82) is 0 Å². The minimum atomic E-state index is -4.91. The van der Waals surface area contributed by atoms with Crippen LogP contribution in [0.15, 0.2) is 59.5 Å². The number of ether oxygens (including phenoxy) is 2. The summed E-state index contributed by atoms with van der Waals surface area (Å²) < 4.78 is 50.6. The molecule has 1 fully saturated rings. The minimum absolute atomic E-state index is 0.132. The quantitative estimate of drug-likeness (QED) is 0.299. The van der Waals surface area contributed by atoms with Crippen LogP contribution in [0.1, 0.15) is 32.8 Å². The number of amides is 1. The number of imidazole rings is 1. The molecular formula is C29H31F3N6O4. The van der Waals surface area contributed by atoms with Gasteiger partial charge in [-0.1, -0.05) is 36.4 Å². The van der Waals surface area contributed by atoms with Crippen molar-refractivity contribution in [2.45, 2.75) is 45.7 Å². The SMILES string of the molecule is CC(C)(C)OC(=O)N1CC[C@@H](CNc2ncc3[nH]c(=O)n(Cc4cc(-c5ccccc5)ccc4OC(F)(F)F)c3n2)C1. The van der Waals surface area contributed by atoms with E-state index in [2.05, 4.69) is 25.0 Å². The first-order valence-electron chi connectivity index (χ1n) is 13.5. The Labute approximate surface area is 239 Å². The molecule has 2 N–H and O–H groups in total. The van der Waals surface area contributed by atoms with Gasteiger partial charge in [0.15, 0.2) is 5.65 Å². The molecule has 13 heteroatoms. The van der Waals surface area contributed by atoms with E-state index >= 15 is 0 Å². The lowest BCUT2D eigenvalue weighted by Crippen LogP contribution is -2.35. The van der Waals surface area contributed by atoms with Gasteiger partial charge >= 0.3 is 18.1 Å². The van der Waals surface area contributed by atoms with Crippen molar-refractivity contribution in [1.82, 2.24) is 24.4 Å². The van der Waals surface area contributed by atoms with Gasteiger partial charge < -0.3 is 24.7 Å². The van der Waals surface area contributed by atoms with Crippen LogP contribution in [0.2, 0.25) is 0 Å². The summed E-state index contributed by atoms with van der Waals surface area (Å²) in [6.07, 6.45) is -3.06. The first-order chi connectivity index (χ1) is 19.8. The highest BCUT2D eigenvalue weighted by atomic mass is 19.4. The number of hydrogen-bond acceptors (Lipinski definition) is 7. The lowest BCUT2D eigenvalue weighted by Gasteiger charge is -2.24. The molecule has 2 aromatic heterocycles. The molecule has 0 radical (unpaired) electrons. The lowest BCUT2D eigenvalue weighted by atomic mass is 10.0. The number of H-pyrrole nitrogens is 1. The van der Waals surface area contributed by atoms with Crippen LogP contribution in [0.25, 0.3) is 22.3 Å². The molecule has 10 nitrogen and oxygen atoms in total. The molecule has 42 heavy (non-hydrogen) atoms. The summed E-state index contributed by atoms with van der Waals surface area (Å²) in [7, 11) is 0. The highest BCUT2D eigenvalue weighted by Crippen LogP contribution is 2.31. The summed E-state index contributed by atoms with van der Waals surface area (Å²) >= 11 is 0. The number of benzene rings is 2. The van der Waals surface area contributed by atoms with E-state index in [1.165, 1.54) is 22.9 Å². The second kappa shape index (κ2) is 11.4. The lowest BCUT2D eigenvalue weighted by molar-refractivity contribution is -0.274. The number of carbonyl (C=O) groups is 1. The highest BCUT2D eigenvalue weighted by molar-refractivity contribution is 5.71. The normalized spacial score (nSPS) is 15.7. The molecule has 1 saturated heterocycles. The average molecular weight is 585 g/mol. The molecule has 1 atom stereocenters. The summed E-state index contributed by atoms with van der Waals surface area (Å²) in [5, 5.41) is 3.16. The Morgan fingerprint density at radius 2 is 1.88 bits per heavy atom. The van der Waals surface area contributed by atoms with E-state index in [0.717, 1.165) is 12.0 Å². The minimum Gasteiger partial charge on any atom is -0.444 e. The van der Waals surface area contributed by atoms with E-state index in [0.29, 0.717) is 30.7 Å². The fourth-order valence-electron chi connectivity index (χ4n) is 4.81. The Balaban J connectivity index is 1.36. The van der Waals surface area contributed by atoms with Crippen LogP contribution in [0.3, 0.4) is 0 Å². The number of alkyl halides is 3. The van der Waals surface area contributed by atoms with Crippen LogP contribution in [0, 0.1) is 5.92 Å². The third-order valence-corrected chi connectivity index (χ3v) is 6.72. The second-order valence-corrected chi connectivity index (χ2v) is 11.1. The maximum atomic E-state index is 13.2. The Morgan fingerprint density at radius 3 is 2.60 bits per heavy atom. The van der Waals surface area contributed by atoms with Gasteiger partial charge in [-0.15, -0.1) is 13.2 Å². The number of aromatic amines is 1. The van der Waals surface area contributed by atoms with Gasteiger partial charge in [-0.3, -0.25) is 4.57 Å². The van der Waals surface area contributed by atoms with Crippen molar-refractivity contribution < 1.29 is 27.4 Å².